The fourth-order valence-corrected chi connectivity index (χ4v) is 2.45. The van der Waals surface area contributed by atoms with Crippen LogP contribution in [-0.2, 0) is 0 Å². The summed E-state index contributed by atoms with van der Waals surface area (Å²) >= 11 is 0. The molecule has 10 heavy (non-hydrogen) atoms. The Bertz CT molecular complexity index is 142. The number of rotatable bonds is 1. The van der Waals surface area contributed by atoms with Gasteiger partial charge in [0.15, 0.2) is 0 Å². The Morgan fingerprint density at radius 2 is 2.00 bits per heavy atom. The lowest BCUT2D eigenvalue weighted by Gasteiger charge is -2.26. The van der Waals surface area contributed by atoms with E-state index < -0.39 is 0 Å². The first kappa shape index (κ1) is 6.66. The Balaban J connectivity index is 2.00. The molecule has 0 unspecified atom stereocenters. The molecule has 58 valence electrons. The number of likely N-dealkylation sites (tertiary alicyclic amines) is 1. The van der Waals surface area contributed by atoms with E-state index in [1.165, 1.54) is 12.8 Å². The Hall–Kier alpha value is -0.0400. The highest BCUT2D eigenvalue weighted by Gasteiger charge is 2.50. The summed E-state index contributed by atoms with van der Waals surface area (Å²) in [5.41, 5.74) is 0. The third kappa shape index (κ3) is 0.800. The second-order valence-corrected chi connectivity index (χ2v) is 4.28. The van der Waals surface area contributed by atoms with Crippen molar-refractivity contribution in [2.45, 2.75) is 38.8 Å². The molecule has 2 fully saturated rings. The third-order valence-electron chi connectivity index (χ3n) is 3.25. The van der Waals surface area contributed by atoms with Crippen LogP contribution in [0.15, 0.2) is 0 Å². The van der Waals surface area contributed by atoms with E-state index in [2.05, 4.69) is 25.8 Å². The van der Waals surface area contributed by atoms with Crippen LogP contribution in [0.1, 0.15) is 26.7 Å². The molecule has 0 aromatic carbocycles. The summed E-state index contributed by atoms with van der Waals surface area (Å²) in [5.74, 6) is 1.94. The van der Waals surface area contributed by atoms with Crippen molar-refractivity contribution in [2.24, 2.45) is 11.8 Å². The van der Waals surface area contributed by atoms with Crippen molar-refractivity contribution in [1.82, 2.24) is 4.90 Å². The van der Waals surface area contributed by atoms with Gasteiger partial charge in [0.25, 0.3) is 0 Å². The molecule has 1 saturated heterocycles. The fourth-order valence-electron chi connectivity index (χ4n) is 2.45. The molecule has 0 spiro atoms. The SMILES string of the molecule is CC(C)[C@H]1C[C@H]2C[C@H]2N1C. The smallest absolute Gasteiger partial charge is 0.0128 e. The molecule has 3 atom stereocenters. The second-order valence-electron chi connectivity index (χ2n) is 4.28. The summed E-state index contributed by atoms with van der Waals surface area (Å²) in [4.78, 5) is 2.59. The monoisotopic (exact) mass is 139 g/mol. The molecule has 2 rings (SSSR count). The number of fused-ring (bicyclic) bond motifs is 1. The maximum absolute atomic E-state index is 2.59. The lowest BCUT2D eigenvalue weighted by atomic mass is 10.0. The Morgan fingerprint density at radius 3 is 2.30 bits per heavy atom. The molecule has 0 bridgehead atoms. The average molecular weight is 139 g/mol. The number of hydrogen-bond donors (Lipinski definition) is 0. The molecule has 1 heteroatoms. The minimum atomic E-state index is 0.859. The average Bonchev–Trinajstić information content (AvgIpc) is 2.54. The zero-order chi connectivity index (χ0) is 7.30. The van der Waals surface area contributed by atoms with Crippen LogP contribution in [0.25, 0.3) is 0 Å². The quantitative estimate of drug-likeness (QED) is 0.535. The van der Waals surface area contributed by atoms with Crippen LogP contribution in [0.3, 0.4) is 0 Å². The van der Waals surface area contributed by atoms with Crippen molar-refractivity contribution in [3.8, 4) is 0 Å². The van der Waals surface area contributed by atoms with Crippen LogP contribution in [0.5, 0.6) is 0 Å². The first-order valence-corrected chi connectivity index (χ1v) is 4.42. The molecule has 1 heterocycles. The molecule has 1 nitrogen and oxygen atoms in total. The zero-order valence-electron chi connectivity index (χ0n) is 7.17. The minimum Gasteiger partial charge on any atom is -0.300 e. The van der Waals surface area contributed by atoms with Crippen molar-refractivity contribution >= 4 is 0 Å². The summed E-state index contributed by atoms with van der Waals surface area (Å²) in [6, 6.07) is 1.87. The molecule has 0 aromatic heterocycles. The van der Waals surface area contributed by atoms with Gasteiger partial charge in [-0.15, -0.1) is 0 Å². The van der Waals surface area contributed by atoms with E-state index in [0.717, 1.165) is 23.9 Å². The molecule has 1 saturated carbocycles. The molecular weight excluding hydrogens is 122 g/mol. The van der Waals surface area contributed by atoms with Gasteiger partial charge in [-0.2, -0.15) is 0 Å². The Labute approximate surface area is 63.4 Å². The van der Waals surface area contributed by atoms with Gasteiger partial charge in [-0.3, -0.25) is 4.90 Å². The molecule has 2 aliphatic rings. The summed E-state index contributed by atoms with van der Waals surface area (Å²) in [6.45, 7) is 4.68. The number of piperidine rings is 1. The summed E-state index contributed by atoms with van der Waals surface area (Å²) in [7, 11) is 2.29. The maximum atomic E-state index is 2.59. The van der Waals surface area contributed by atoms with E-state index in [1.54, 1.807) is 0 Å². The molecule has 0 N–H and O–H groups in total. The van der Waals surface area contributed by atoms with E-state index >= 15 is 0 Å². The van der Waals surface area contributed by atoms with Crippen LogP contribution >= 0.6 is 0 Å². The van der Waals surface area contributed by atoms with Gasteiger partial charge in [0, 0.05) is 12.1 Å². The van der Waals surface area contributed by atoms with Gasteiger partial charge >= 0.3 is 0 Å². The van der Waals surface area contributed by atoms with Crippen molar-refractivity contribution in [3.63, 3.8) is 0 Å². The fraction of sp³-hybridized carbons (Fsp3) is 1.00. The predicted molar refractivity (Wildman–Crippen MR) is 42.9 cm³/mol. The largest absolute Gasteiger partial charge is 0.300 e. The van der Waals surface area contributed by atoms with Gasteiger partial charge in [-0.1, -0.05) is 13.8 Å². The molecule has 1 aliphatic heterocycles. The second kappa shape index (κ2) is 1.97. The van der Waals surface area contributed by atoms with Crippen molar-refractivity contribution in [1.29, 1.82) is 0 Å². The van der Waals surface area contributed by atoms with Crippen LogP contribution in [0.4, 0.5) is 0 Å². The minimum absolute atomic E-state index is 0.859. The normalized spacial score (nSPS) is 46.2. The molecule has 1 aliphatic carbocycles. The summed E-state index contributed by atoms with van der Waals surface area (Å²) in [5, 5.41) is 0. The standard InChI is InChI=1S/C9H17N/c1-6(2)8-4-7-5-9(7)10(8)3/h6-9H,4-5H2,1-3H3/t7-,8+,9+/m0/s1. The summed E-state index contributed by atoms with van der Waals surface area (Å²) < 4.78 is 0. The van der Waals surface area contributed by atoms with Gasteiger partial charge in [0.1, 0.15) is 0 Å². The Kier molecular flexibility index (Phi) is 1.31. The maximum Gasteiger partial charge on any atom is 0.0128 e. The first-order valence-electron chi connectivity index (χ1n) is 4.42. The van der Waals surface area contributed by atoms with Crippen LogP contribution in [0.2, 0.25) is 0 Å². The van der Waals surface area contributed by atoms with E-state index in [0.29, 0.717) is 0 Å². The van der Waals surface area contributed by atoms with Crippen LogP contribution in [0, 0.1) is 11.8 Å². The van der Waals surface area contributed by atoms with Gasteiger partial charge in [0.2, 0.25) is 0 Å². The topological polar surface area (TPSA) is 3.24 Å². The third-order valence-corrected chi connectivity index (χ3v) is 3.25. The highest BCUT2D eigenvalue weighted by atomic mass is 15.2. The first-order chi connectivity index (χ1) is 4.70. The van der Waals surface area contributed by atoms with Crippen molar-refractivity contribution in [3.05, 3.63) is 0 Å². The number of nitrogens with zero attached hydrogens (tertiary/aromatic N) is 1. The molecule has 0 radical (unpaired) electrons. The van der Waals surface area contributed by atoms with E-state index in [-0.39, 0.29) is 0 Å². The zero-order valence-corrected chi connectivity index (χ0v) is 7.17. The van der Waals surface area contributed by atoms with Gasteiger partial charge in [0.05, 0.1) is 0 Å². The van der Waals surface area contributed by atoms with Crippen LogP contribution in [-0.4, -0.2) is 24.0 Å². The molecular formula is C9H17N. The highest BCUT2D eigenvalue weighted by molar-refractivity contribution is 5.04. The van der Waals surface area contributed by atoms with E-state index in [1.807, 2.05) is 0 Å². The van der Waals surface area contributed by atoms with Crippen LogP contribution < -0.4 is 0 Å². The van der Waals surface area contributed by atoms with Gasteiger partial charge < -0.3 is 0 Å². The van der Waals surface area contributed by atoms with E-state index in [4.69, 9.17) is 0 Å². The summed E-state index contributed by atoms with van der Waals surface area (Å²) in [6.07, 6.45) is 2.96. The van der Waals surface area contributed by atoms with Gasteiger partial charge in [-0.25, -0.2) is 0 Å². The molecule has 0 amide bonds. The van der Waals surface area contributed by atoms with Crippen molar-refractivity contribution in [2.75, 3.05) is 7.05 Å². The van der Waals surface area contributed by atoms with E-state index in [9.17, 15) is 0 Å². The number of hydrogen-bond acceptors (Lipinski definition) is 1. The van der Waals surface area contributed by atoms with Crippen molar-refractivity contribution < 1.29 is 0 Å². The molecule has 0 aromatic rings. The lowest BCUT2D eigenvalue weighted by Crippen LogP contribution is -2.32. The highest BCUT2D eigenvalue weighted by Crippen LogP contribution is 2.48. The Morgan fingerprint density at radius 1 is 1.30 bits per heavy atom. The lowest BCUT2D eigenvalue weighted by molar-refractivity contribution is 0.215. The predicted octanol–water partition coefficient (Wildman–Crippen LogP) is 1.74. The van der Waals surface area contributed by atoms with Gasteiger partial charge in [-0.05, 0) is 31.7 Å².